The summed E-state index contributed by atoms with van der Waals surface area (Å²) in [5.41, 5.74) is 2.77. The lowest BCUT2D eigenvalue weighted by molar-refractivity contribution is -0.115. The lowest BCUT2D eigenvalue weighted by atomic mass is 10.1. The Morgan fingerprint density at radius 1 is 1.33 bits per heavy atom. The zero-order valence-electron chi connectivity index (χ0n) is 11.7. The van der Waals surface area contributed by atoms with Gasteiger partial charge in [0.05, 0.1) is 12.2 Å². The van der Waals surface area contributed by atoms with Gasteiger partial charge in [0.1, 0.15) is 0 Å². The van der Waals surface area contributed by atoms with Crippen molar-refractivity contribution in [3.8, 4) is 11.3 Å². The third-order valence-corrected chi connectivity index (χ3v) is 3.86. The first-order valence-electron chi connectivity index (χ1n) is 6.79. The number of hydrogen-bond acceptors (Lipinski definition) is 4. The van der Waals surface area contributed by atoms with E-state index in [4.69, 9.17) is 0 Å². The molecule has 0 aliphatic carbocycles. The first-order chi connectivity index (χ1) is 10.3. The SMILES string of the molecule is CCNCC(=O)Nc1ccc(-c2cn3ccsc3n2)cc1. The van der Waals surface area contributed by atoms with Crippen molar-refractivity contribution in [3.05, 3.63) is 42.0 Å². The van der Waals surface area contributed by atoms with Gasteiger partial charge in [0.2, 0.25) is 5.91 Å². The van der Waals surface area contributed by atoms with Crippen LogP contribution in [0.1, 0.15) is 6.92 Å². The highest BCUT2D eigenvalue weighted by Gasteiger charge is 2.06. The van der Waals surface area contributed by atoms with Crippen LogP contribution in [0.3, 0.4) is 0 Å². The molecule has 0 unspecified atom stereocenters. The van der Waals surface area contributed by atoms with E-state index in [0.717, 1.165) is 28.5 Å². The fraction of sp³-hybridized carbons (Fsp3) is 0.200. The van der Waals surface area contributed by atoms with Crippen LogP contribution in [-0.4, -0.2) is 28.4 Å². The van der Waals surface area contributed by atoms with Crippen molar-refractivity contribution in [3.63, 3.8) is 0 Å². The molecule has 3 aromatic rings. The van der Waals surface area contributed by atoms with Crippen LogP contribution >= 0.6 is 11.3 Å². The number of carbonyl (C=O) groups excluding carboxylic acids is 1. The van der Waals surface area contributed by atoms with Gasteiger partial charge in [-0.15, -0.1) is 11.3 Å². The maximum Gasteiger partial charge on any atom is 0.238 e. The van der Waals surface area contributed by atoms with Crippen LogP contribution in [0.15, 0.2) is 42.0 Å². The van der Waals surface area contributed by atoms with Crippen molar-refractivity contribution in [1.29, 1.82) is 0 Å². The molecule has 0 bridgehead atoms. The van der Waals surface area contributed by atoms with Gasteiger partial charge in [-0.25, -0.2) is 4.98 Å². The molecule has 5 nitrogen and oxygen atoms in total. The van der Waals surface area contributed by atoms with Crippen LogP contribution in [0.5, 0.6) is 0 Å². The van der Waals surface area contributed by atoms with Gasteiger partial charge >= 0.3 is 0 Å². The topological polar surface area (TPSA) is 58.4 Å². The van der Waals surface area contributed by atoms with Crippen molar-refractivity contribution in [2.75, 3.05) is 18.4 Å². The fourth-order valence-corrected chi connectivity index (χ4v) is 2.73. The van der Waals surface area contributed by atoms with E-state index in [9.17, 15) is 4.79 Å². The monoisotopic (exact) mass is 300 g/mol. The van der Waals surface area contributed by atoms with Crippen LogP contribution in [0.25, 0.3) is 16.2 Å². The number of hydrogen-bond donors (Lipinski definition) is 2. The van der Waals surface area contributed by atoms with E-state index < -0.39 is 0 Å². The predicted molar refractivity (Wildman–Crippen MR) is 85.7 cm³/mol. The molecule has 0 aliphatic rings. The van der Waals surface area contributed by atoms with Gasteiger partial charge in [-0.1, -0.05) is 19.1 Å². The van der Waals surface area contributed by atoms with Crippen molar-refractivity contribution in [2.45, 2.75) is 6.92 Å². The second-order valence-corrected chi connectivity index (χ2v) is 5.50. The number of benzene rings is 1. The summed E-state index contributed by atoms with van der Waals surface area (Å²) in [4.78, 5) is 17.2. The molecule has 2 aromatic heterocycles. The number of thiazole rings is 1. The summed E-state index contributed by atoms with van der Waals surface area (Å²) < 4.78 is 2.01. The summed E-state index contributed by atoms with van der Waals surface area (Å²) in [5.74, 6) is -0.0351. The second kappa shape index (κ2) is 6.07. The minimum absolute atomic E-state index is 0.0351. The highest BCUT2D eigenvalue weighted by molar-refractivity contribution is 7.15. The Labute approximate surface area is 126 Å². The number of rotatable bonds is 5. The summed E-state index contributed by atoms with van der Waals surface area (Å²) in [6, 6.07) is 7.73. The van der Waals surface area contributed by atoms with Crippen LogP contribution in [0.2, 0.25) is 0 Å². The first-order valence-corrected chi connectivity index (χ1v) is 7.67. The van der Waals surface area contributed by atoms with Gasteiger partial charge in [-0.05, 0) is 18.7 Å². The maximum absolute atomic E-state index is 11.6. The van der Waals surface area contributed by atoms with E-state index in [0.29, 0.717) is 6.54 Å². The summed E-state index contributed by atoms with van der Waals surface area (Å²) in [5, 5.41) is 7.85. The highest BCUT2D eigenvalue weighted by Crippen LogP contribution is 2.22. The molecule has 21 heavy (non-hydrogen) atoms. The molecule has 108 valence electrons. The van der Waals surface area contributed by atoms with Crippen LogP contribution in [-0.2, 0) is 4.79 Å². The van der Waals surface area contributed by atoms with E-state index in [1.807, 2.05) is 53.4 Å². The maximum atomic E-state index is 11.6. The molecule has 0 atom stereocenters. The quantitative estimate of drug-likeness (QED) is 0.761. The molecule has 6 heteroatoms. The molecule has 1 aromatic carbocycles. The first kappa shape index (κ1) is 13.8. The zero-order chi connectivity index (χ0) is 14.7. The Balaban J connectivity index is 1.71. The summed E-state index contributed by atoms with van der Waals surface area (Å²) in [7, 11) is 0. The molecular weight excluding hydrogens is 284 g/mol. The van der Waals surface area contributed by atoms with E-state index >= 15 is 0 Å². The summed E-state index contributed by atoms with van der Waals surface area (Å²) >= 11 is 1.61. The third kappa shape index (κ3) is 3.12. The average molecular weight is 300 g/mol. The van der Waals surface area contributed by atoms with E-state index in [2.05, 4.69) is 15.6 Å². The van der Waals surface area contributed by atoms with Gasteiger partial charge < -0.3 is 10.6 Å². The van der Waals surface area contributed by atoms with Gasteiger partial charge in [0.15, 0.2) is 4.96 Å². The fourth-order valence-electron chi connectivity index (χ4n) is 2.03. The number of nitrogens with one attached hydrogen (secondary N) is 2. The number of likely N-dealkylation sites (N-methyl/N-ethyl adjacent to an activating group) is 1. The zero-order valence-corrected chi connectivity index (χ0v) is 12.5. The Kier molecular flexibility index (Phi) is 3.98. The molecule has 1 amide bonds. The molecule has 0 fully saturated rings. The van der Waals surface area contributed by atoms with E-state index in [1.54, 1.807) is 11.3 Å². The highest BCUT2D eigenvalue weighted by atomic mass is 32.1. The van der Waals surface area contributed by atoms with E-state index in [1.165, 1.54) is 0 Å². The van der Waals surface area contributed by atoms with Crippen LogP contribution in [0, 0.1) is 0 Å². The number of anilines is 1. The minimum atomic E-state index is -0.0351. The molecule has 2 N–H and O–H groups in total. The van der Waals surface area contributed by atoms with Crippen molar-refractivity contribution in [2.24, 2.45) is 0 Å². The van der Waals surface area contributed by atoms with Crippen LogP contribution in [0.4, 0.5) is 5.69 Å². The number of fused-ring (bicyclic) bond motifs is 1. The number of carbonyl (C=O) groups is 1. The smallest absolute Gasteiger partial charge is 0.238 e. The average Bonchev–Trinajstić information content (AvgIpc) is 3.07. The largest absolute Gasteiger partial charge is 0.325 e. The molecule has 0 saturated carbocycles. The Morgan fingerprint density at radius 2 is 2.14 bits per heavy atom. The molecule has 0 radical (unpaired) electrons. The van der Waals surface area contributed by atoms with Crippen molar-refractivity contribution in [1.82, 2.24) is 14.7 Å². The molecule has 0 saturated heterocycles. The second-order valence-electron chi connectivity index (χ2n) is 4.62. The molecule has 3 rings (SSSR count). The Bertz CT molecular complexity index is 716. The molecule has 0 spiro atoms. The van der Waals surface area contributed by atoms with Gasteiger partial charge in [0.25, 0.3) is 0 Å². The summed E-state index contributed by atoms with van der Waals surface area (Å²) in [6.07, 6.45) is 4.00. The normalized spacial score (nSPS) is 10.9. The lowest BCUT2D eigenvalue weighted by Gasteiger charge is -2.06. The Hall–Kier alpha value is -2.18. The summed E-state index contributed by atoms with van der Waals surface area (Å²) in [6.45, 7) is 3.08. The van der Waals surface area contributed by atoms with Crippen molar-refractivity contribution < 1.29 is 4.79 Å². The standard InChI is InChI=1S/C15H16N4OS/c1-2-16-9-14(20)17-12-5-3-11(4-6-12)13-10-19-7-8-21-15(19)18-13/h3-8,10,16H,2,9H2,1H3,(H,17,20). The van der Waals surface area contributed by atoms with Gasteiger partial charge in [-0.3, -0.25) is 9.20 Å². The van der Waals surface area contributed by atoms with Gasteiger partial charge in [-0.2, -0.15) is 0 Å². The van der Waals surface area contributed by atoms with Crippen molar-refractivity contribution >= 4 is 27.9 Å². The van der Waals surface area contributed by atoms with Crippen LogP contribution < -0.4 is 10.6 Å². The molecule has 0 aliphatic heterocycles. The Morgan fingerprint density at radius 3 is 2.86 bits per heavy atom. The molecular formula is C15H16N4OS. The number of aromatic nitrogens is 2. The van der Waals surface area contributed by atoms with Gasteiger partial charge in [0, 0.05) is 29.0 Å². The predicted octanol–water partition coefficient (Wildman–Crippen LogP) is 2.61. The lowest BCUT2D eigenvalue weighted by Crippen LogP contribution is -2.27. The number of amides is 1. The number of nitrogens with zero attached hydrogens (tertiary/aromatic N) is 2. The third-order valence-electron chi connectivity index (χ3n) is 3.09. The van der Waals surface area contributed by atoms with E-state index in [-0.39, 0.29) is 5.91 Å². The minimum Gasteiger partial charge on any atom is -0.325 e. The number of imidazole rings is 1. The molecule has 2 heterocycles.